The van der Waals surface area contributed by atoms with Gasteiger partial charge in [-0.25, -0.2) is 9.37 Å². The molecular weight excluding hydrogens is 391 g/mol. The van der Waals surface area contributed by atoms with Gasteiger partial charge in [-0.15, -0.1) is 0 Å². The van der Waals surface area contributed by atoms with E-state index in [2.05, 4.69) is 4.98 Å². The molecule has 0 aliphatic carbocycles. The van der Waals surface area contributed by atoms with Crippen molar-refractivity contribution in [2.24, 2.45) is 0 Å². The zero-order chi connectivity index (χ0) is 18.9. The molecule has 0 saturated carbocycles. The third-order valence-corrected chi connectivity index (χ3v) is 4.28. The molecule has 0 amide bonds. The first-order valence-corrected chi connectivity index (χ1v) is 8.50. The fraction of sp³-hybridized carbons (Fsp3) is 0.154. The lowest BCUT2D eigenvalue weighted by atomic mass is 10.2. The van der Waals surface area contributed by atoms with Crippen LogP contribution >= 0.6 is 18.4 Å². The van der Waals surface area contributed by atoms with Gasteiger partial charge in [0.1, 0.15) is 5.75 Å². The highest BCUT2D eigenvalue weighted by molar-refractivity contribution is 7.80. The summed E-state index contributed by atoms with van der Waals surface area (Å²) in [5, 5.41) is 10.6. The van der Waals surface area contributed by atoms with E-state index in [9.17, 15) is 32.2 Å². The predicted octanol–water partition coefficient (Wildman–Crippen LogP) is 4.85. The van der Waals surface area contributed by atoms with Gasteiger partial charge in [-0.2, -0.15) is 13.2 Å². The van der Waals surface area contributed by atoms with Gasteiger partial charge in [0, 0.05) is 18.3 Å². The van der Waals surface area contributed by atoms with Crippen LogP contribution in [0.25, 0.3) is 0 Å². The smallest absolute Gasteiger partial charge is 0.436 e. The van der Waals surface area contributed by atoms with Crippen molar-refractivity contribution in [1.29, 1.82) is 0 Å². The van der Waals surface area contributed by atoms with Crippen LogP contribution in [0.1, 0.15) is 11.1 Å². The Morgan fingerprint density at radius 3 is 2.44 bits per heavy atom. The van der Waals surface area contributed by atoms with E-state index < -0.39 is 41.2 Å². The number of nitrogens with zero attached hydrogens (tertiary/aromatic N) is 2. The van der Waals surface area contributed by atoms with E-state index in [0.29, 0.717) is 6.20 Å². The van der Waals surface area contributed by atoms with Crippen molar-refractivity contribution in [1.82, 2.24) is 4.98 Å². The summed E-state index contributed by atoms with van der Waals surface area (Å²) in [5.41, 5.74) is -1.69. The van der Waals surface area contributed by atoms with Crippen molar-refractivity contribution in [3.63, 3.8) is 0 Å². The average molecular weight is 398 g/mol. The molecular formula is C13H7ClF4N2O4P+. The standard InChI is InChI=1S/C13H7ClF4N2O4P/c1-6-2-9(20(21)22)11(25(14)23)4-10(6)24-12-8(15)3-7(5-19-12)13(16,17)18/h2-5H,1H3/q+1. The molecule has 0 N–H and O–H groups in total. The van der Waals surface area contributed by atoms with Gasteiger partial charge >= 0.3 is 19.0 Å². The number of aryl methyl sites for hydroxylation is 1. The fourth-order valence-corrected chi connectivity index (χ4v) is 2.77. The van der Waals surface area contributed by atoms with E-state index in [-0.39, 0.29) is 22.7 Å². The molecule has 0 aliphatic rings. The van der Waals surface area contributed by atoms with Crippen molar-refractivity contribution >= 4 is 29.4 Å². The number of alkyl halides is 3. The number of hydrogen-bond donors (Lipinski definition) is 0. The number of pyridine rings is 1. The summed E-state index contributed by atoms with van der Waals surface area (Å²) in [4.78, 5) is 13.4. The van der Waals surface area contributed by atoms with Crippen molar-refractivity contribution < 1.29 is 31.8 Å². The molecule has 1 aromatic heterocycles. The number of benzene rings is 1. The van der Waals surface area contributed by atoms with Crippen LogP contribution < -0.4 is 10.0 Å². The van der Waals surface area contributed by atoms with Gasteiger partial charge in [-0.05, 0) is 23.1 Å². The molecule has 132 valence electrons. The zero-order valence-electron chi connectivity index (χ0n) is 12.2. The molecule has 0 bridgehead atoms. The Hall–Kier alpha value is -2.32. The van der Waals surface area contributed by atoms with Crippen LogP contribution in [0.5, 0.6) is 11.6 Å². The van der Waals surface area contributed by atoms with Gasteiger partial charge in [0.25, 0.3) is 11.2 Å². The third kappa shape index (κ3) is 4.21. The fourth-order valence-electron chi connectivity index (χ4n) is 1.82. The Morgan fingerprint density at radius 2 is 1.96 bits per heavy atom. The maximum atomic E-state index is 13.8. The van der Waals surface area contributed by atoms with Crippen LogP contribution in [0.3, 0.4) is 0 Å². The lowest BCUT2D eigenvalue weighted by Gasteiger charge is -2.10. The Kier molecular flexibility index (Phi) is 5.24. The summed E-state index contributed by atoms with van der Waals surface area (Å²) >= 11 is 5.42. The minimum atomic E-state index is -4.78. The first kappa shape index (κ1) is 19.0. The maximum Gasteiger partial charge on any atom is 0.501 e. The van der Waals surface area contributed by atoms with Gasteiger partial charge in [0.15, 0.2) is 5.82 Å². The Bertz CT molecular complexity index is 876. The molecule has 6 nitrogen and oxygen atoms in total. The second-order valence-electron chi connectivity index (χ2n) is 4.72. The van der Waals surface area contributed by atoms with E-state index in [1.807, 2.05) is 0 Å². The number of rotatable bonds is 4. The van der Waals surface area contributed by atoms with Gasteiger partial charge in [-0.3, -0.25) is 10.1 Å². The highest BCUT2D eigenvalue weighted by atomic mass is 35.7. The van der Waals surface area contributed by atoms with Crippen molar-refractivity contribution in [2.75, 3.05) is 0 Å². The van der Waals surface area contributed by atoms with Crippen molar-refractivity contribution in [2.45, 2.75) is 13.1 Å². The Morgan fingerprint density at radius 1 is 1.32 bits per heavy atom. The Labute approximate surface area is 143 Å². The lowest BCUT2D eigenvalue weighted by Crippen LogP contribution is -2.08. The van der Waals surface area contributed by atoms with E-state index in [1.54, 1.807) is 0 Å². The second kappa shape index (κ2) is 6.89. The van der Waals surface area contributed by atoms with Crippen LogP contribution in [0.2, 0.25) is 0 Å². The molecule has 2 rings (SSSR count). The minimum absolute atomic E-state index is 0.144. The minimum Gasteiger partial charge on any atom is -0.436 e. The summed E-state index contributed by atoms with van der Waals surface area (Å²) in [6.07, 6.45) is -4.40. The van der Waals surface area contributed by atoms with Gasteiger partial charge in [-0.1, -0.05) is 0 Å². The molecule has 0 radical (unpaired) electrons. The predicted molar refractivity (Wildman–Crippen MR) is 80.2 cm³/mol. The van der Waals surface area contributed by atoms with E-state index in [0.717, 1.165) is 12.1 Å². The largest absolute Gasteiger partial charge is 0.501 e. The molecule has 0 fully saturated rings. The summed E-state index contributed by atoms with van der Waals surface area (Å²) in [7, 11) is -2.64. The SMILES string of the molecule is Cc1cc([N+](=O)[O-])c([P+](=O)Cl)cc1Oc1ncc(C(F)(F)F)cc1F. The Balaban J connectivity index is 2.46. The molecule has 0 aliphatic heterocycles. The molecule has 0 spiro atoms. The number of nitro groups is 1. The number of hydrogen-bond acceptors (Lipinski definition) is 5. The molecule has 12 heteroatoms. The van der Waals surface area contributed by atoms with Crippen molar-refractivity contribution in [3.05, 3.63) is 51.5 Å². The van der Waals surface area contributed by atoms with E-state index in [1.165, 1.54) is 6.92 Å². The van der Waals surface area contributed by atoms with E-state index >= 15 is 0 Å². The highest BCUT2D eigenvalue weighted by Crippen LogP contribution is 2.36. The van der Waals surface area contributed by atoms with Crippen LogP contribution in [0.4, 0.5) is 23.2 Å². The highest BCUT2D eigenvalue weighted by Gasteiger charge is 2.34. The van der Waals surface area contributed by atoms with Gasteiger partial charge in [0.2, 0.25) is 11.2 Å². The number of halogens is 5. The second-order valence-corrected chi connectivity index (χ2v) is 6.61. The summed E-state index contributed by atoms with van der Waals surface area (Å²) < 4.78 is 67.8. The quantitative estimate of drug-likeness (QED) is 0.318. The monoisotopic (exact) mass is 397 g/mol. The van der Waals surface area contributed by atoms with Crippen LogP contribution in [-0.4, -0.2) is 9.91 Å². The van der Waals surface area contributed by atoms with Gasteiger partial charge in [0.05, 0.1) is 10.5 Å². The molecule has 25 heavy (non-hydrogen) atoms. The molecule has 0 saturated heterocycles. The van der Waals surface area contributed by atoms with Crippen LogP contribution in [0, 0.1) is 22.9 Å². The first-order valence-electron chi connectivity index (χ1n) is 6.33. The van der Waals surface area contributed by atoms with E-state index in [4.69, 9.17) is 16.0 Å². The van der Waals surface area contributed by atoms with Gasteiger partial charge < -0.3 is 4.74 Å². The summed E-state index contributed by atoms with van der Waals surface area (Å²) in [6.45, 7) is 1.37. The third-order valence-electron chi connectivity index (χ3n) is 3.00. The number of ether oxygens (including phenoxy) is 1. The normalized spacial score (nSPS) is 12.0. The molecule has 1 aromatic carbocycles. The first-order chi connectivity index (χ1) is 11.5. The van der Waals surface area contributed by atoms with Crippen LogP contribution in [0.15, 0.2) is 24.4 Å². The molecule has 1 heterocycles. The molecule has 1 atom stereocenters. The molecule has 1 unspecified atom stereocenters. The average Bonchev–Trinajstić information content (AvgIpc) is 2.49. The lowest BCUT2D eigenvalue weighted by molar-refractivity contribution is -0.383. The van der Waals surface area contributed by atoms with Crippen molar-refractivity contribution in [3.8, 4) is 11.6 Å². The maximum absolute atomic E-state index is 13.8. The topological polar surface area (TPSA) is 82.3 Å². The summed E-state index contributed by atoms with van der Waals surface area (Å²) in [6, 6.07) is 2.16. The zero-order valence-corrected chi connectivity index (χ0v) is 13.8. The molecule has 2 aromatic rings. The number of aromatic nitrogens is 1. The summed E-state index contributed by atoms with van der Waals surface area (Å²) in [5.74, 6) is -2.35. The van der Waals surface area contributed by atoms with Crippen LogP contribution in [-0.2, 0) is 10.7 Å². The number of nitro benzene ring substituents is 1.